The maximum atomic E-state index is 12.9. The summed E-state index contributed by atoms with van der Waals surface area (Å²) in [4.78, 5) is 48.4. The maximum absolute atomic E-state index is 12.9. The standard InChI is InChI=1S/C62H97O11P/c1-4-7-10-13-16-19-22-25-27-28-29-30-32-35-38-41-44-47-50-53-62(66)73-59(55-69-60(64)51-48-45-42-39-36-33-24-21-18-15-12-9-6-3)57-71-74(67,68)70-56-58(54-63)72-61(65)52-49-46-43-40-37-34-31-26-23-20-17-14-11-8-5-2/h8-9,11-12,16-21,25-27,29-31,33,36-37,40,42,45-46,49,58-59,63H,4-7,10,13-15,22-24,28,32,34-35,38-39,41,43-44,47-48,50-57H2,1-3H3,(H,67,68)/b11-8-,12-9-,19-16-,20-17-,21-18-,27-25-,30-29-,31-26-,36-33-,40-37-,45-42-,49-46-. The lowest BCUT2D eigenvalue weighted by Gasteiger charge is -2.21. The van der Waals surface area contributed by atoms with E-state index >= 15 is 0 Å². The van der Waals surface area contributed by atoms with Gasteiger partial charge in [-0.3, -0.25) is 23.4 Å². The second-order valence-electron chi connectivity index (χ2n) is 17.6. The van der Waals surface area contributed by atoms with E-state index < -0.39 is 64.4 Å². The van der Waals surface area contributed by atoms with Gasteiger partial charge in [0.2, 0.25) is 0 Å². The molecule has 0 aliphatic rings. The van der Waals surface area contributed by atoms with Crippen LogP contribution in [0.25, 0.3) is 0 Å². The zero-order valence-corrected chi connectivity index (χ0v) is 46.6. The first kappa shape index (κ1) is 69.4. The third kappa shape index (κ3) is 52.2. The molecule has 0 spiro atoms. The topological polar surface area (TPSA) is 155 Å². The van der Waals surface area contributed by atoms with Gasteiger partial charge in [-0.05, 0) is 109 Å². The molecule has 0 saturated heterocycles. The van der Waals surface area contributed by atoms with Gasteiger partial charge in [-0.25, -0.2) is 4.57 Å². The Morgan fingerprint density at radius 3 is 1.24 bits per heavy atom. The van der Waals surface area contributed by atoms with E-state index in [0.29, 0.717) is 19.3 Å². The summed E-state index contributed by atoms with van der Waals surface area (Å²) in [7, 11) is -4.80. The molecule has 11 nitrogen and oxygen atoms in total. The number of hydrogen-bond acceptors (Lipinski definition) is 10. The van der Waals surface area contributed by atoms with E-state index in [0.717, 1.165) is 103 Å². The van der Waals surface area contributed by atoms with Crippen molar-refractivity contribution in [3.8, 4) is 0 Å². The van der Waals surface area contributed by atoms with Crippen molar-refractivity contribution in [1.29, 1.82) is 0 Å². The maximum Gasteiger partial charge on any atom is 0.472 e. The summed E-state index contributed by atoms with van der Waals surface area (Å²) in [6.45, 7) is 4.14. The summed E-state index contributed by atoms with van der Waals surface area (Å²) in [5, 5.41) is 9.78. The number of aliphatic hydroxyl groups is 1. The van der Waals surface area contributed by atoms with E-state index in [1.165, 1.54) is 25.7 Å². The molecule has 0 radical (unpaired) electrons. The third-order valence-corrected chi connectivity index (χ3v) is 11.7. The minimum absolute atomic E-state index is 0.0686. The molecule has 0 bridgehead atoms. The highest BCUT2D eigenvalue weighted by molar-refractivity contribution is 7.47. The molecule has 0 aromatic rings. The largest absolute Gasteiger partial charge is 0.472 e. The Morgan fingerprint density at radius 1 is 0.405 bits per heavy atom. The summed E-state index contributed by atoms with van der Waals surface area (Å²) < 4.78 is 39.2. The first-order chi connectivity index (χ1) is 36.2. The van der Waals surface area contributed by atoms with Gasteiger partial charge in [0.05, 0.1) is 26.2 Å². The van der Waals surface area contributed by atoms with Crippen molar-refractivity contribution >= 4 is 25.7 Å². The Labute approximate surface area is 448 Å². The minimum Gasteiger partial charge on any atom is -0.462 e. The SMILES string of the molecule is CC/C=C\C/C=C\C/C=C\C/C=C\C/C=C\CC(=O)OC(CO)COP(=O)(O)OCC(COC(=O)CC/C=C\C/C=C\C/C=C\C/C=C\CC)OC(=O)CCCCCCCC/C=C\C/C=C\C/C=C\CCCCC. The molecule has 0 saturated carbocycles. The number of unbranched alkanes of at least 4 members (excludes halogenated alkanes) is 9. The number of rotatable bonds is 49. The lowest BCUT2D eigenvalue weighted by molar-refractivity contribution is -0.161. The van der Waals surface area contributed by atoms with Gasteiger partial charge in [0, 0.05) is 12.8 Å². The van der Waals surface area contributed by atoms with Gasteiger partial charge >= 0.3 is 25.7 Å². The summed E-state index contributed by atoms with van der Waals surface area (Å²) in [5.74, 6) is -1.74. The van der Waals surface area contributed by atoms with E-state index in [4.69, 9.17) is 23.3 Å². The Balaban J connectivity index is 4.92. The van der Waals surface area contributed by atoms with Crippen LogP contribution in [0.15, 0.2) is 146 Å². The number of ether oxygens (including phenoxy) is 3. The molecular weight excluding hydrogens is 952 g/mol. The molecule has 0 aromatic carbocycles. The van der Waals surface area contributed by atoms with Crippen LogP contribution in [0.5, 0.6) is 0 Å². The Kier molecular flexibility index (Phi) is 51.2. The molecule has 0 rings (SSSR count). The molecular formula is C62H97O11P. The number of aliphatic hydroxyl groups excluding tert-OH is 1. The van der Waals surface area contributed by atoms with Gasteiger partial charge < -0.3 is 24.2 Å². The number of phosphoric ester groups is 1. The molecule has 12 heteroatoms. The molecule has 0 aliphatic heterocycles. The van der Waals surface area contributed by atoms with Crippen molar-refractivity contribution in [2.75, 3.05) is 26.4 Å². The molecule has 74 heavy (non-hydrogen) atoms. The number of phosphoric acid groups is 1. The van der Waals surface area contributed by atoms with Crippen LogP contribution in [0.2, 0.25) is 0 Å². The van der Waals surface area contributed by atoms with E-state index in [9.17, 15) is 28.9 Å². The smallest absolute Gasteiger partial charge is 0.462 e. The highest BCUT2D eigenvalue weighted by atomic mass is 31.2. The number of esters is 3. The quantitative estimate of drug-likeness (QED) is 0.0197. The van der Waals surface area contributed by atoms with Gasteiger partial charge in [0.15, 0.2) is 6.10 Å². The van der Waals surface area contributed by atoms with E-state index in [1.807, 2.05) is 30.4 Å². The lowest BCUT2D eigenvalue weighted by atomic mass is 10.1. The number of allylic oxidation sites excluding steroid dienone is 23. The van der Waals surface area contributed by atoms with Crippen LogP contribution >= 0.6 is 7.82 Å². The van der Waals surface area contributed by atoms with Gasteiger partial charge in [-0.15, -0.1) is 0 Å². The molecule has 0 aliphatic carbocycles. The van der Waals surface area contributed by atoms with Crippen molar-refractivity contribution in [3.05, 3.63) is 146 Å². The summed E-state index contributed by atoms with van der Waals surface area (Å²) in [6.07, 6.45) is 70.0. The van der Waals surface area contributed by atoms with Crippen molar-refractivity contribution in [2.45, 2.75) is 200 Å². The van der Waals surface area contributed by atoms with Crippen molar-refractivity contribution < 1.29 is 52.2 Å². The van der Waals surface area contributed by atoms with Gasteiger partial charge in [-0.2, -0.15) is 0 Å². The fourth-order valence-electron chi connectivity index (χ4n) is 6.63. The molecule has 0 aromatic heterocycles. The van der Waals surface area contributed by atoms with Crippen molar-refractivity contribution in [2.24, 2.45) is 0 Å². The Morgan fingerprint density at radius 2 is 0.784 bits per heavy atom. The van der Waals surface area contributed by atoms with Crippen LogP contribution < -0.4 is 0 Å². The first-order valence-corrected chi connectivity index (χ1v) is 29.2. The Bertz CT molecular complexity index is 1800. The van der Waals surface area contributed by atoms with Crippen LogP contribution in [0, 0.1) is 0 Å². The minimum atomic E-state index is -4.80. The van der Waals surface area contributed by atoms with Gasteiger partial charge in [0.25, 0.3) is 0 Å². The number of hydrogen-bond donors (Lipinski definition) is 2. The van der Waals surface area contributed by atoms with Gasteiger partial charge in [-0.1, -0.05) is 205 Å². The molecule has 3 unspecified atom stereocenters. The van der Waals surface area contributed by atoms with Crippen molar-refractivity contribution in [1.82, 2.24) is 0 Å². The van der Waals surface area contributed by atoms with Crippen LogP contribution in [0.3, 0.4) is 0 Å². The zero-order chi connectivity index (χ0) is 54.1. The fraction of sp³-hybridized carbons (Fsp3) is 0.565. The Hall–Kier alpha value is -4.64. The van der Waals surface area contributed by atoms with Crippen LogP contribution in [0.1, 0.15) is 188 Å². The first-order valence-electron chi connectivity index (χ1n) is 27.7. The summed E-state index contributed by atoms with van der Waals surface area (Å²) >= 11 is 0. The summed E-state index contributed by atoms with van der Waals surface area (Å²) in [6, 6.07) is 0. The zero-order valence-electron chi connectivity index (χ0n) is 45.7. The fourth-order valence-corrected chi connectivity index (χ4v) is 7.41. The second-order valence-corrected chi connectivity index (χ2v) is 19.1. The van der Waals surface area contributed by atoms with E-state index in [2.05, 4.69) is 130 Å². The monoisotopic (exact) mass is 1050 g/mol. The third-order valence-electron chi connectivity index (χ3n) is 10.8. The van der Waals surface area contributed by atoms with Crippen LogP contribution in [-0.4, -0.2) is 66.5 Å². The number of carbonyl (C=O) groups excluding carboxylic acids is 3. The molecule has 3 atom stereocenters. The second kappa shape index (κ2) is 54.6. The predicted octanol–water partition coefficient (Wildman–Crippen LogP) is 16.4. The summed E-state index contributed by atoms with van der Waals surface area (Å²) in [5.41, 5.74) is 0. The highest BCUT2D eigenvalue weighted by Crippen LogP contribution is 2.43. The predicted molar refractivity (Wildman–Crippen MR) is 306 cm³/mol. The average Bonchev–Trinajstić information content (AvgIpc) is 3.39. The molecule has 0 fully saturated rings. The van der Waals surface area contributed by atoms with E-state index in [1.54, 1.807) is 6.08 Å². The molecule has 2 N–H and O–H groups in total. The molecule has 0 heterocycles. The van der Waals surface area contributed by atoms with Gasteiger partial charge in [0.1, 0.15) is 12.7 Å². The molecule has 416 valence electrons. The average molecular weight is 1050 g/mol. The van der Waals surface area contributed by atoms with Crippen LogP contribution in [-0.2, 0) is 42.2 Å². The highest BCUT2D eigenvalue weighted by Gasteiger charge is 2.28. The van der Waals surface area contributed by atoms with Crippen LogP contribution in [0.4, 0.5) is 0 Å². The normalized spacial score (nSPS) is 14.5. The van der Waals surface area contributed by atoms with E-state index in [-0.39, 0.29) is 19.3 Å². The van der Waals surface area contributed by atoms with Crippen molar-refractivity contribution in [3.63, 3.8) is 0 Å². The lowest BCUT2D eigenvalue weighted by Crippen LogP contribution is -2.30. The number of carbonyl (C=O) groups is 3. The molecule has 0 amide bonds.